The van der Waals surface area contributed by atoms with E-state index in [-0.39, 0.29) is 18.4 Å². The maximum atomic E-state index is 10.4. The second-order valence-corrected chi connectivity index (χ2v) is 5.99. The zero-order chi connectivity index (χ0) is 30.2. The second-order valence-electron chi connectivity index (χ2n) is 5.99. The molecule has 212 valence electrons. The first-order valence-corrected chi connectivity index (χ1v) is 10.9. The van der Waals surface area contributed by atoms with E-state index in [9.17, 15) is 33.6 Å². The first-order chi connectivity index (χ1) is 17.3. The molecule has 37 heavy (non-hydrogen) atoms. The van der Waals surface area contributed by atoms with Gasteiger partial charge in [0, 0.05) is 6.42 Å². The van der Waals surface area contributed by atoms with Gasteiger partial charge in [-0.15, -0.1) is 13.2 Å². The zero-order valence-electron chi connectivity index (χ0n) is 22.4. The predicted octanol–water partition coefficient (Wildman–Crippen LogP) is 3.09. The van der Waals surface area contributed by atoms with E-state index in [1.807, 2.05) is 25.2 Å². The number of methoxy groups -OCH3 is 3. The highest BCUT2D eigenvalue weighted by Crippen LogP contribution is 1.88. The topological polar surface area (TPSA) is 188 Å². The van der Waals surface area contributed by atoms with Gasteiger partial charge in [0.2, 0.25) is 5.78 Å². The van der Waals surface area contributed by atoms with E-state index in [1.54, 1.807) is 0 Å². The van der Waals surface area contributed by atoms with Crippen LogP contribution in [0, 0.1) is 0 Å². The summed E-state index contributed by atoms with van der Waals surface area (Å²) in [5.41, 5.74) is 0. The first kappa shape index (κ1) is 43.0. The largest absolute Gasteiger partial charge is 0.476 e. The zero-order valence-corrected chi connectivity index (χ0v) is 22.4. The van der Waals surface area contributed by atoms with Gasteiger partial charge in [0.25, 0.3) is 5.78 Å². The average Bonchev–Trinajstić information content (AvgIpc) is 2.89. The molecule has 0 saturated carbocycles. The lowest BCUT2D eigenvalue weighted by Crippen LogP contribution is -2.17. The number of esters is 3. The van der Waals surface area contributed by atoms with Crippen LogP contribution >= 0.6 is 0 Å². The standard InChI is InChI=1S/C7H12O2.C5H6O5.C5H8O2.C4H6O3.C4H8/c1-3-4-5-6-7(8)9-2;1-10-4(7)2-3(6)5(8)9;1-3-4-5(6)7-2;1-2-3(5)4(6)7;1-3-4-2/h4-5H,3,6H2,1-2H3;2H2,1H3,(H,8,9);3H,1,4H2,2H3;2H2,1H3,(H,6,7);3H,1,4H2,2H3/b5-4+;;;;. The Morgan fingerprint density at radius 2 is 1.03 bits per heavy atom. The fourth-order valence-corrected chi connectivity index (χ4v) is 1.06. The molecule has 0 rings (SSSR count). The molecule has 12 heteroatoms. The Morgan fingerprint density at radius 3 is 1.24 bits per heavy atom. The average molecular weight is 533 g/mol. The molecule has 0 aromatic heterocycles. The molecular formula is C25H40O12. The molecule has 12 nitrogen and oxygen atoms in total. The maximum absolute atomic E-state index is 10.4. The van der Waals surface area contributed by atoms with Crippen molar-refractivity contribution in [2.45, 2.75) is 59.3 Å². The Bertz CT molecular complexity index is 736. The van der Waals surface area contributed by atoms with Crippen molar-refractivity contribution in [3.63, 3.8) is 0 Å². The first-order valence-electron chi connectivity index (χ1n) is 10.9. The van der Waals surface area contributed by atoms with Crippen LogP contribution in [0.5, 0.6) is 0 Å². The highest BCUT2D eigenvalue weighted by atomic mass is 16.5. The van der Waals surface area contributed by atoms with Crippen molar-refractivity contribution < 1.29 is 58.0 Å². The second kappa shape index (κ2) is 34.1. The third-order valence-electron chi connectivity index (χ3n) is 3.07. The van der Waals surface area contributed by atoms with Crippen LogP contribution in [0.25, 0.3) is 0 Å². The molecule has 0 aromatic carbocycles. The summed E-state index contributed by atoms with van der Waals surface area (Å²) in [7, 11) is 3.82. The van der Waals surface area contributed by atoms with Gasteiger partial charge < -0.3 is 24.4 Å². The summed E-state index contributed by atoms with van der Waals surface area (Å²) in [5.74, 6) is -6.12. The minimum Gasteiger partial charge on any atom is -0.476 e. The van der Waals surface area contributed by atoms with Gasteiger partial charge in [-0.3, -0.25) is 24.0 Å². The molecule has 0 heterocycles. The van der Waals surface area contributed by atoms with Crippen molar-refractivity contribution >= 4 is 41.4 Å². The van der Waals surface area contributed by atoms with E-state index in [0.717, 1.165) is 20.0 Å². The molecule has 0 amide bonds. The Kier molecular flexibility index (Phi) is 39.6. The van der Waals surface area contributed by atoms with Gasteiger partial charge in [-0.25, -0.2) is 9.59 Å². The number of carboxylic acids is 2. The Hall–Kier alpha value is -4.09. The molecule has 0 atom stereocenters. The Balaban J connectivity index is -0.000000118. The van der Waals surface area contributed by atoms with Gasteiger partial charge in [-0.2, -0.15) is 0 Å². The highest BCUT2D eigenvalue weighted by Gasteiger charge is 2.16. The number of hydrogen-bond acceptors (Lipinski definition) is 10. The molecule has 0 aliphatic heterocycles. The quantitative estimate of drug-likeness (QED) is 0.130. The van der Waals surface area contributed by atoms with E-state index in [0.29, 0.717) is 12.8 Å². The van der Waals surface area contributed by atoms with Crippen LogP contribution < -0.4 is 0 Å². The van der Waals surface area contributed by atoms with E-state index in [2.05, 4.69) is 34.3 Å². The van der Waals surface area contributed by atoms with Crippen LogP contribution in [0.3, 0.4) is 0 Å². The fourth-order valence-electron chi connectivity index (χ4n) is 1.06. The number of allylic oxidation sites excluding steroid dienone is 2. The van der Waals surface area contributed by atoms with E-state index >= 15 is 0 Å². The minimum absolute atomic E-state index is 0.0787. The SMILES string of the molecule is C=CCC.C=CCC(=O)OC.CC/C=C/CC(=O)OC.CCC(=O)C(=O)O.COC(=O)CC(=O)C(=O)O. The minimum atomic E-state index is -1.62. The molecule has 0 aliphatic rings. The van der Waals surface area contributed by atoms with Gasteiger partial charge in [0.1, 0.15) is 6.42 Å². The number of hydrogen-bond donors (Lipinski definition) is 2. The third-order valence-corrected chi connectivity index (χ3v) is 3.07. The van der Waals surface area contributed by atoms with Crippen molar-refractivity contribution in [1.29, 1.82) is 0 Å². The number of aliphatic carboxylic acids is 2. The van der Waals surface area contributed by atoms with Gasteiger partial charge >= 0.3 is 29.8 Å². The number of carbonyl (C=O) groups is 7. The Labute approximate surface area is 218 Å². The van der Waals surface area contributed by atoms with Crippen molar-refractivity contribution in [3.05, 3.63) is 37.5 Å². The van der Waals surface area contributed by atoms with Crippen molar-refractivity contribution in [2.24, 2.45) is 0 Å². The number of carboxylic acid groups (broad SMARTS) is 2. The molecule has 0 unspecified atom stereocenters. The molecular weight excluding hydrogens is 492 g/mol. The van der Waals surface area contributed by atoms with Crippen molar-refractivity contribution in [3.8, 4) is 0 Å². The number of carbonyl (C=O) groups excluding carboxylic acids is 5. The van der Waals surface area contributed by atoms with E-state index < -0.39 is 35.9 Å². The van der Waals surface area contributed by atoms with Crippen molar-refractivity contribution in [1.82, 2.24) is 0 Å². The highest BCUT2D eigenvalue weighted by molar-refractivity contribution is 6.35. The van der Waals surface area contributed by atoms with E-state index in [4.69, 9.17) is 10.2 Å². The van der Waals surface area contributed by atoms with Crippen LogP contribution in [0.1, 0.15) is 59.3 Å². The summed E-state index contributed by atoms with van der Waals surface area (Å²) in [5, 5.41) is 15.8. The van der Waals surface area contributed by atoms with Gasteiger partial charge in [-0.05, 0) is 12.8 Å². The summed E-state index contributed by atoms with van der Waals surface area (Å²) < 4.78 is 12.7. The van der Waals surface area contributed by atoms with Crippen LogP contribution in [0.2, 0.25) is 0 Å². The lowest BCUT2D eigenvalue weighted by atomic mass is 10.3. The van der Waals surface area contributed by atoms with Gasteiger partial charge in [0.05, 0.1) is 34.2 Å². The van der Waals surface area contributed by atoms with Crippen LogP contribution in [0.4, 0.5) is 0 Å². The Morgan fingerprint density at radius 1 is 0.622 bits per heavy atom. The summed E-state index contributed by atoms with van der Waals surface area (Å²) in [6.45, 7) is 12.4. The third kappa shape index (κ3) is 46.0. The molecule has 0 aromatic rings. The summed E-state index contributed by atoms with van der Waals surface area (Å²) in [4.78, 5) is 70.2. The molecule has 0 spiro atoms. The summed E-state index contributed by atoms with van der Waals surface area (Å²) >= 11 is 0. The predicted molar refractivity (Wildman–Crippen MR) is 136 cm³/mol. The number of ketones is 2. The summed E-state index contributed by atoms with van der Waals surface area (Å²) in [6, 6.07) is 0. The number of Topliss-reactive ketones (excluding diaryl/α,β-unsaturated/α-hetero) is 2. The lowest BCUT2D eigenvalue weighted by Gasteiger charge is -1.92. The molecule has 0 radical (unpaired) electrons. The van der Waals surface area contributed by atoms with Crippen LogP contribution in [-0.2, 0) is 47.8 Å². The maximum Gasteiger partial charge on any atom is 0.372 e. The van der Waals surface area contributed by atoms with E-state index in [1.165, 1.54) is 27.2 Å². The number of ether oxygens (including phenoxy) is 3. The fraction of sp³-hybridized carbons (Fsp3) is 0.480. The van der Waals surface area contributed by atoms with Gasteiger partial charge in [0.15, 0.2) is 0 Å². The molecule has 0 saturated heterocycles. The molecule has 0 aliphatic carbocycles. The smallest absolute Gasteiger partial charge is 0.372 e. The normalized spacial score (nSPS) is 8.38. The van der Waals surface area contributed by atoms with Gasteiger partial charge in [-0.1, -0.05) is 45.1 Å². The molecule has 2 N–H and O–H groups in total. The number of rotatable bonds is 11. The lowest BCUT2D eigenvalue weighted by molar-refractivity contribution is -0.153. The monoisotopic (exact) mass is 532 g/mol. The van der Waals surface area contributed by atoms with Crippen LogP contribution in [-0.4, -0.2) is 73.0 Å². The van der Waals surface area contributed by atoms with Crippen molar-refractivity contribution in [2.75, 3.05) is 21.3 Å². The summed E-state index contributed by atoms with van der Waals surface area (Å²) in [6.07, 6.45) is 9.26. The molecule has 0 fully saturated rings. The molecule has 0 bridgehead atoms. The van der Waals surface area contributed by atoms with Crippen LogP contribution in [0.15, 0.2) is 37.5 Å².